The molecule has 286 valence electrons. The lowest BCUT2D eigenvalue weighted by Gasteiger charge is -2.23. The molecule has 12 nitrogen and oxygen atoms in total. The molecule has 2 N–H and O–H groups in total. The Morgan fingerprint density at radius 3 is 1.48 bits per heavy atom. The van der Waals surface area contributed by atoms with Crippen LogP contribution in [-0.2, 0) is 9.53 Å². The van der Waals surface area contributed by atoms with Crippen LogP contribution in [0, 0.1) is 0 Å². The van der Waals surface area contributed by atoms with Crippen LogP contribution in [0.15, 0.2) is 134 Å². The van der Waals surface area contributed by atoms with Crippen molar-refractivity contribution in [2.24, 2.45) is 0 Å². The highest BCUT2D eigenvalue weighted by atomic mass is 35.5. The number of ether oxygens (including phenoxy) is 1. The van der Waals surface area contributed by atoms with Gasteiger partial charge in [0, 0.05) is 49.1 Å². The largest absolute Gasteiger partial charge is 0.478 e. The van der Waals surface area contributed by atoms with Crippen LogP contribution in [0.4, 0.5) is 34.6 Å². The number of esters is 1. The second-order valence-corrected chi connectivity index (χ2v) is 12.9. The fourth-order valence-electron chi connectivity index (χ4n) is 5.40. The van der Waals surface area contributed by atoms with Gasteiger partial charge in [-0.3, -0.25) is 19.4 Å². The Hall–Kier alpha value is -6.37. The van der Waals surface area contributed by atoms with Crippen LogP contribution in [0.25, 0.3) is 0 Å². The molecular formula is C42H39Cl2N7O5. The van der Waals surface area contributed by atoms with Crippen molar-refractivity contribution in [2.75, 3.05) is 23.5 Å². The number of carbonyl (C=O) groups is 3. The number of carboxylic acid groups (broad SMARTS) is 1. The van der Waals surface area contributed by atoms with Gasteiger partial charge in [-0.25, -0.2) is 24.7 Å². The van der Waals surface area contributed by atoms with Crippen LogP contribution in [0.2, 0.25) is 10.0 Å². The van der Waals surface area contributed by atoms with E-state index in [2.05, 4.69) is 30.0 Å². The zero-order valence-electron chi connectivity index (χ0n) is 30.5. The van der Waals surface area contributed by atoms with Crippen LogP contribution in [0.3, 0.4) is 0 Å². The molecule has 0 radical (unpaired) electrons. The number of unbranched alkanes of at least 4 members (excludes halogenated alkanes) is 3. The van der Waals surface area contributed by atoms with Gasteiger partial charge in [-0.05, 0) is 61.4 Å². The molecule has 0 spiro atoms. The summed E-state index contributed by atoms with van der Waals surface area (Å²) in [4.78, 5) is 55.3. The lowest BCUT2D eigenvalue weighted by Crippen LogP contribution is -2.25. The van der Waals surface area contributed by atoms with Crippen molar-refractivity contribution < 1.29 is 24.2 Å². The molecule has 1 amide bonds. The number of hydrogen-bond acceptors (Lipinski definition) is 10. The van der Waals surface area contributed by atoms with E-state index in [9.17, 15) is 14.4 Å². The molecule has 2 heterocycles. The van der Waals surface area contributed by atoms with Crippen LogP contribution in [0.5, 0.6) is 0 Å². The molecule has 6 aromatic rings. The van der Waals surface area contributed by atoms with Gasteiger partial charge in [0.1, 0.15) is 0 Å². The van der Waals surface area contributed by atoms with Gasteiger partial charge in [0.2, 0.25) is 11.9 Å². The molecule has 14 heteroatoms. The fraction of sp³-hybridized carbons (Fsp3) is 0.167. The van der Waals surface area contributed by atoms with Crippen LogP contribution >= 0.6 is 23.2 Å². The highest BCUT2D eigenvalue weighted by molar-refractivity contribution is 6.34. The van der Waals surface area contributed by atoms with Crippen molar-refractivity contribution in [1.82, 2.24) is 25.3 Å². The maximum Gasteiger partial charge on any atom is 0.338 e. The summed E-state index contributed by atoms with van der Waals surface area (Å²) < 4.78 is 4.62. The lowest BCUT2D eigenvalue weighted by molar-refractivity contribution is -0.140. The van der Waals surface area contributed by atoms with Gasteiger partial charge in [0.25, 0.3) is 5.91 Å². The van der Waals surface area contributed by atoms with Crippen molar-refractivity contribution in [2.45, 2.75) is 32.1 Å². The summed E-state index contributed by atoms with van der Waals surface area (Å²) in [6.45, 7) is 0.550. The number of benzene rings is 4. The monoisotopic (exact) mass is 791 g/mol. The van der Waals surface area contributed by atoms with Gasteiger partial charge in [-0.2, -0.15) is 0 Å². The van der Waals surface area contributed by atoms with E-state index in [0.717, 1.165) is 42.7 Å². The second-order valence-electron chi connectivity index (χ2n) is 12.1. The molecule has 0 unspecified atom stereocenters. The summed E-state index contributed by atoms with van der Waals surface area (Å²) in [6, 6.07) is 34.0. The maximum absolute atomic E-state index is 12.4. The summed E-state index contributed by atoms with van der Waals surface area (Å²) in [5.41, 5.74) is 3.55. The number of carbonyl (C=O) groups excluding carboxylic acids is 2. The Morgan fingerprint density at radius 1 is 0.607 bits per heavy atom. The Kier molecular flexibility index (Phi) is 15.2. The molecule has 0 bridgehead atoms. The SMILES string of the molecule is COC(=O)CCCCCCNC(=O)c1cnc(N(c2ccccc2)c2ccccc2Cl)nc1.O=C(O)c1cnc(N(c2ccccc2)c2ccccc2Cl)nc1. The number of para-hydroxylation sites is 4. The fourth-order valence-corrected chi connectivity index (χ4v) is 5.84. The molecule has 0 atom stereocenters. The van der Waals surface area contributed by atoms with Gasteiger partial charge in [0.15, 0.2) is 0 Å². The minimum absolute atomic E-state index is 0.0286. The van der Waals surface area contributed by atoms with E-state index in [4.69, 9.17) is 28.3 Å². The number of methoxy groups -OCH3 is 1. The quantitative estimate of drug-likeness (QED) is 0.0756. The van der Waals surface area contributed by atoms with E-state index in [1.807, 2.05) is 108 Å². The van der Waals surface area contributed by atoms with Gasteiger partial charge < -0.3 is 15.2 Å². The van der Waals surface area contributed by atoms with Gasteiger partial charge in [0.05, 0.1) is 39.7 Å². The first-order valence-electron chi connectivity index (χ1n) is 17.7. The van der Waals surface area contributed by atoms with Gasteiger partial charge in [-0.1, -0.05) is 96.7 Å². The van der Waals surface area contributed by atoms with E-state index < -0.39 is 5.97 Å². The Balaban J connectivity index is 0.000000228. The first-order chi connectivity index (χ1) is 27.3. The van der Waals surface area contributed by atoms with E-state index in [0.29, 0.717) is 46.2 Å². The summed E-state index contributed by atoms with van der Waals surface area (Å²) in [6.07, 6.45) is 9.48. The number of hydrogen-bond donors (Lipinski definition) is 2. The Morgan fingerprint density at radius 2 is 1.04 bits per heavy atom. The number of rotatable bonds is 15. The average Bonchev–Trinajstić information content (AvgIpc) is 3.23. The molecule has 56 heavy (non-hydrogen) atoms. The summed E-state index contributed by atoms with van der Waals surface area (Å²) >= 11 is 12.8. The topological polar surface area (TPSA) is 151 Å². The second kappa shape index (κ2) is 20.9. The molecule has 0 aliphatic heterocycles. The van der Waals surface area contributed by atoms with Crippen molar-refractivity contribution in [3.8, 4) is 0 Å². The molecule has 0 fully saturated rings. The van der Waals surface area contributed by atoms with Crippen LogP contribution in [0.1, 0.15) is 52.8 Å². The molecule has 6 rings (SSSR count). The number of aromatic carboxylic acids is 1. The van der Waals surface area contributed by atoms with E-state index in [-0.39, 0.29) is 17.4 Å². The predicted octanol–water partition coefficient (Wildman–Crippen LogP) is 9.75. The summed E-state index contributed by atoms with van der Waals surface area (Å²) in [5.74, 6) is -0.724. The molecule has 4 aromatic carbocycles. The zero-order chi connectivity index (χ0) is 39.7. The average molecular weight is 793 g/mol. The van der Waals surface area contributed by atoms with E-state index in [1.165, 1.54) is 31.9 Å². The maximum atomic E-state index is 12.4. The summed E-state index contributed by atoms with van der Waals surface area (Å²) in [7, 11) is 1.39. The van der Waals surface area contributed by atoms with Crippen LogP contribution < -0.4 is 15.1 Å². The third kappa shape index (κ3) is 11.3. The number of halogens is 2. The molecule has 0 aliphatic rings. The summed E-state index contributed by atoms with van der Waals surface area (Å²) in [5, 5.41) is 13.0. The first kappa shape index (κ1) is 40.8. The zero-order valence-corrected chi connectivity index (χ0v) is 32.0. The predicted molar refractivity (Wildman–Crippen MR) is 218 cm³/mol. The molecule has 0 aliphatic carbocycles. The molecular weight excluding hydrogens is 753 g/mol. The van der Waals surface area contributed by atoms with Gasteiger partial charge >= 0.3 is 11.9 Å². The standard InChI is InChI=1S/C25H27ClN4O3.C17H12ClN3O2/c1-33-23(31)15-7-2-3-10-16-27-24(32)19-17-28-25(29-18-19)30(20-11-5-4-6-12-20)22-14-9-8-13-21(22)26;18-14-8-4-5-9-15(14)21(13-6-2-1-3-7-13)17-19-10-12(11-20-17)16(22)23/h4-6,8-9,11-14,17-18H,2-3,7,10,15-16H2,1H3,(H,27,32);1-11H,(H,22,23). The van der Waals surface area contributed by atoms with E-state index in [1.54, 1.807) is 11.0 Å². The smallest absolute Gasteiger partial charge is 0.338 e. The normalized spacial score (nSPS) is 10.4. The molecule has 2 aromatic heterocycles. The number of aromatic nitrogens is 4. The minimum atomic E-state index is -1.07. The number of amides is 1. The van der Waals surface area contributed by atoms with Crippen molar-refractivity contribution in [1.29, 1.82) is 0 Å². The van der Waals surface area contributed by atoms with Crippen molar-refractivity contribution >= 4 is 75.7 Å². The third-order valence-electron chi connectivity index (χ3n) is 8.22. The number of nitrogens with zero attached hydrogens (tertiary/aromatic N) is 6. The van der Waals surface area contributed by atoms with Crippen LogP contribution in [-0.4, -0.2) is 56.5 Å². The van der Waals surface area contributed by atoms with Gasteiger partial charge in [-0.15, -0.1) is 0 Å². The highest BCUT2D eigenvalue weighted by Gasteiger charge is 2.19. The van der Waals surface area contributed by atoms with Crippen molar-refractivity contribution in [3.05, 3.63) is 155 Å². The molecule has 0 saturated carbocycles. The first-order valence-corrected chi connectivity index (χ1v) is 18.4. The highest BCUT2D eigenvalue weighted by Crippen LogP contribution is 2.37. The molecule has 0 saturated heterocycles. The lowest BCUT2D eigenvalue weighted by atomic mass is 10.1. The van der Waals surface area contributed by atoms with Crippen molar-refractivity contribution in [3.63, 3.8) is 0 Å². The number of nitrogens with one attached hydrogen (secondary N) is 1. The number of anilines is 6. The minimum Gasteiger partial charge on any atom is -0.478 e. The Labute approximate surface area is 334 Å². The number of carboxylic acids is 1. The Bertz CT molecular complexity index is 2180. The van der Waals surface area contributed by atoms with E-state index >= 15 is 0 Å². The third-order valence-corrected chi connectivity index (χ3v) is 8.86.